The van der Waals surface area contributed by atoms with Crippen LogP contribution in [0.2, 0.25) is 0 Å². The largest absolute Gasteiger partial charge is 0.383 e. The first-order chi connectivity index (χ1) is 8.35. The van der Waals surface area contributed by atoms with Crippen LogP contribution in [0.25, 0.3) is 10.1 Å². The van der Waals surface area contributed by atoms with Crippen molar-refractivity contribution in [2.75, 3.05) is 20.3 Å². The summed E-state index contributed by atoms with van der Waals surface area (Å²) in [6.07, 6.45) is 1.03. The Bertz CT molecular complexity index is 460. The summed E-state index contributed by atoms with van der Waals surface area (Å²) in [5.74, 6) is 0. The fourth-order valence-corrected chi connectivity index (χ4v) is 3.11. The fraction of sp³-hybridized carbons (Fsp3) is 0.429. The molecule has 0 aliphatic rings. The molecule has 0 saturated carbocycles. The van der Waals surface area contributed by atoms with Crippen molar-refractivity contribution in [3.63, 3.8) is 0 Å². The Balaban J connectivity index is 2.15. The number of rotatable bonds is 6. The first-order valence-electron chi connectivity index (χ1n) is 6.02. The molecule has 0 aliphatic heterocycles. The minimum absolute atomic E-state index is 0.406. The number of ether oxygens (including phenoxy) is 1. The van der Waals surface area contributed by atoms with E-state index in [0.29, 0.717) is 6.04 Å². The number of hydrogen-bond donors (Lipinski definition) is 1. The lowest BCUT2D eigenvalue weighted by Crippen LogP contribution is -2.34. The minimum atomic E-state index is 0.406. The van der Waals surface area contributed by atoms with Crippen molar-refractivity contribution in [2.45, 2.75) is 19.4 Å². The number of benzene rings is 1. The summed E-state index contributed by atoms with van der Waals surface area (Å²) in [4.78, 5) is 0. The average Bonchev–Trinajstić information content (AvgIpc) is 2.74. The van der Waals surface area contributed by atoms with Gasteiger partial charge >= 0.3 is 0 Å². The van der Waals surface area contributed by atoms with Gasteiger partial charge in [0, 0.05) is 17.9 Å². The molecular formula is C14H19NOS. The molecule has 1 unspecified atom stereocenters. The molecule has 1 aromatic heterocycles. The summed E-state index contributed by atoms with van der Waals surface area (Å²) in [7, 11) is 1.76. The third kappa shape index (κ3) is 3.06. The number of nitrogens with one attached hydrogen (secondary N) is 1. The highest BCUT2D eigenvalue weighted by molar-refractivity contribution is 7.17. The standard InChI is InChI=1S/C14H19NOS/c1-3-15-12(9-16-2)8-11-10-17-14-7-5-4-6-13(11)14/h4-7,10,12,15H,3,8-9H2,1-2H3. The normalized spacial score (nSPS) is 13.1. The van der Waals surface area contributed by atoms with Gasteiger partial charge in [-0.25, -0.2) is 0 Å². The lowest BCUT2D eigenvalue weighted by Gasteiger charge is -2.16. The maximum atomic E-state index is 5.26. The maximum Gasteiger partial charge on any atom is 0.0619 e. The Morgan fingerprint density at radius 3 is 2.94 bits per heavy atom. The summed E-state index contributed by atoms with van der Waals surface area (Å²) >= 11 is 1.82. The van der Waals surface area contributed by atoms with Gasteiger partial charge in [0.15, 0.2) is 0 Å². The first-order valence-corrected chi connectivity index (χ1v) is 6.90. The Hall–Kier alpha value is -0.900. The van der Waals surface area contributed by atoms with Gasteiger partial charge in [-0.3, -0.25) is 0 Å². The van der Waals surface area contributed by atoms with E-state index in [1.54, 1.807) is 7.11 Å². The van der Waals surface area contributed by atoms with Crippen LogP contribution in [-0.2, 0) is 11.2 Å². The SMILES string of the molecule is CCNC(COC)Cc1csc2ccccc12. The fourth-order valence-electron chi connectivity index (χ4n) is 2.14. The molecule has 3 heteroatoms. The van der Waals surface area contributed by atoms with E-state index in [1.165, 1.54) is 15.6 Å². The molecular weight excluding hydrogens is 230 g/mol. The molecule has 1 heterocycles. The smallest absolute Gasteiger partial charge is 0.0619 e. The predicted molar refractivity (Wildman–Crippen MR) is 74.9 cm³/mol. The van der Waals surface area contributed by atoms with Crippen molar-refractivity contribution in [3.8, 4) is 0 Å². The number of thiophene rings is 1. The van der Waals surface area contributed by atoms with Crippen LogP contribution in [0.4, 0.5) is 0 Å². The van der Waals surface area contributed by atoms with E-state index < -0.39 is 0 Å². The quantitative estimate of drug-likeness (QED) is 0.849. The zero-order chi connectivity index (χ0) is 12.1. The number of likely N-dealkylation sites (N-methyl/N-ethyl adjacent to an activating group) is 1. The van der Waals surface area contributed by atoms with Gasteiger partial charge in [0.1, 0.15) is 0 Å². The van der Waals surface area contributed by atoms with E-state index >= 15 is 0 Å². The van der Waals surface area contributed by atoms with Gasteiger partial charge < -0.3 is 10.1 Å². The van der Waals surface area contributed by atoms with Crippen LogP contribution in [0.1, 0.15) is 12.5 Å². The topological polar surface area (TPSA) is 21.3 Å². The third-order valence-corrected chi connectivity index (χ3v) is 3.90. The van der Waals surface area contributed by atoms with E-state index in [-0.39, 0.29) is 0 Å². The summed E-state index contributed by atoms with van der Waals surface area (Å²) in [5, 5.41) is 7.12. The summed E-state index contributed by atoms with van der Waals surface area (Å²) in [5.41, 5.74) is 1.42. The first kappa shape index (κ1) is 12.6. The molecule has 2 rings (SSSR count). The van der Waals surface area contributed by atoms with Crippen molar-refractivity contribution in [1.82, 2.24) is 5.32 Å². The molecule has 17 heavy (non-hydrogen) atoms. The molecule has 0 spiro atoms. The van der Waals surface area contributed by atoms with Gasteiger partial charge in [0.25, 0.3) is 0 Å². The van der Waals surface area contributed by atoms with Crippen LogP contribution in [0, 0.1) is 0 Å². The predicted octanol–water partition coefficient (Wildman–Crippen LogP) is 3.07. The average molecular weight is 249 g/mol. The highest BCUT2D eigenvalue weighted by atomic mass is 32.1. The lowest BCUT2D eigenvalue weighted by atomic mass is 10.1. The lowest BCUT2D eigenvalue weighted by molar-refractivity contribution is 0.167. The zero-order valence-corrected chi connectivity index (χ0v) is 11.2. The second-order valence-electron chi connectivity index (χ2n) is 4.17. The highest BCUT2D eigenvalue weighted by Crippen LogP contribution is 2.26. The number of fused-ring (bicyclic) bond motifs is 1. The van der Waals surface area contributed by atoms with Crippen molar-refractivity contribution < 1.29 is 4.74 Å². The number of hydrogen-bond acceptors (Lipinski definition) is 3. The van der Waals surface area contributed by atoms with Crippen molar-refractivity contribution in [2.24, 2.45) is 0 Å². The molecule has 0 bridgehead atoms. The highest BCUT2D eigenvalue weighted by Gasteiger charge is 2.11. The second-order valence-corrected chi connectivity index (χ2v) is 5.08. The van der Waals surface area contributed by atoms with Crippen molar-refractivity contribution in [3.05, 3.63) is 35.2 Å². The Morgan fingerprint density at radius 1 is 1.35 bits per heavy atom. The molecule has 2 nitrogen and oxygen atoms in total. The summed E-state index contributed by atoms with van der Waals surface area (Å²) in [6, 6.07) is 9.00. The molecule has 0 fully saturated rings. The minimum Gasteiger partial charge on any atom is -0.383 e. The van der Waals surface area contributed by atoms with E-state index in [1.807, 2.05) is 11.3 Å². The van der Waals surface area contributed by atoms with Crippen LogP contribution >= 0.6 is 11.3 Å². The molecule has 1 atom stereocenters. The number of methoxy groups -OCH3 is 1. The molecule has 2 aromatic rings. The Morgan fingerprint density at radius 2 is 2.18 bits per heavy atom. The summed E-state index contributed by atoms with van der Waals surface area (Å²) in [6.45, 7) is 3.88. The molecule has 0 aliphatic carbocycles. The van der Waals surface area contributed by atoms with E-state index in [9.17, 15) is 0 Å². The van der Waals surface area contributed by atoms with Crippen LogP contribution in [0.15, 0.2) is 29.6 Å². The van der Waals surface area contributed by atoms with Crippen molar-refractivity contribution >= 4 is 21.4 Å². The van der Waals surface area contributed by atoms with Gasteiger partial charge in [-0.2, -0.15) is 0 Å². The Kier molecular flexibility index (Phi) is 4.54. The van der Waals surface area contributed by atoms with E-state index in [2.05, 4.69) is 41.9 Å². The maximum absolute atomic E-state index is 5.26. The molecule has 1 N–H and O–H groups in total. The van der Waals surface area contributed by atoms with Crippen LogP contribution in [-0.4, -0.2) is 26.3 Å². The van der Waals surface area contributed by atoms with Gasteiger partial charge in [0.2, 0.25) is 0 Å². The van der Waals surface area contributed by atoms with Crippen LogP contribution in [0.3, 0.4) is 0 Å². The van der Waals surface area contributed by atoms with E-state index in [0.717, 1.165) is 19.6 Å². The molecule has 0 saturated heterocycles. The molecule has 0 amide bonds. The van der Waals surface area contributed by atoms with Gasteiger partial charge in [-0.05, 0) is 35.4 Å². The summed E-state index contributed by atoms with van der Waals surface area (Å²) < 4.78 is 6.63. The molecule has 1 aromatic carbocycles. The van der Waals surface area contributed by atoms with E-state index in [4.69, 9.17) is 4.74 Å². The van der Waals surface area contributed by atoms with Crippen LogP contribution in [0.5, 0.6) is 0 Å². The molecule has 92 valence electrons. The zero-order valence-electron chi connectivity index (χ0n) is 10.4. The van der Waals surface area contributed by atoms with Crippen LogP contribution < -0.4 is 5.32 Å². The second kappa shape index (κ2) is 6.15. The monoisotopic (exact) mass is 249 g/mol. The van der Waals surface area contributed by atoms with Gasteiger partial charge in [-0.1, -0.05) is 25.1 Å². The van der Waals surface area contributed by atoms with Gasteiger partial charge in [0.05, 0.1) is 6.61 Å². The Labute approximate surface area is 107 Å². The third-order valence-electron chi connectivity index (χ3n) is 2.89. The molecule has 0 radical (unpaired) electrons. The van der Waals surface area contributed by atoms with Gasteiger partial charge in [-0.15, -0.1) is 11.3 Å². The van der Waals surface area contributed by atoms with Crippen molar-refractivity contribution in [1.29, 1.82) is 0 Å².